The second-order valence-electron chi connectivity index (χ2n) is 7.54. The van der Waals surface area contributed by atoms with Gasteiger partial charge in [-0.25, -0.2) is 0 Å². The Bertz CT molecular complexity index is 1030. The van der Waals surface area contributed by atoms with Gasteiger partial charge in [-0.1, -0.05) is 55.5 Å². The molecule has 31 heavy (non-hydrogen) atoms. The zero-order valence-electron chi connectivity index (χ0n) is 18.1. The largest absolute Gasteiger partial charge is 0.481 e. The average molecular weight is 417 g/mol. The minimum absolute atomic E-state index is 0.247. The Morgan fingerprint density at radius 1 is 0.903 bits per heavy atom. The number of benzene rings is 3. The average Bonchev–Trinajstić information content (AvgIpc) is 2.76. The predicted molar refractivity (Wildman–Crippen MR) is 123 cm³/mol. The molecule has 160 valence electrons. The summed E-state index contributed by atoms with van der Waals surface area (Å²) in [6.45, 7) is 6.29. The minimum atomic E-state index is -0.665. The second kappa shape index (κ2) is 10.4. The molecule has 5 heteroatoms. The number of aryl methyl sites for hydroxylation is 2. The molecule has 1 unspecified atom stereocenters. The molecular weight excluding hydrogens is 388 g/mol. The van der Waals surface area contributed by atoms with Crippen LogP contribution in [0.15, 0.2) is 72.8 Å². The first kappa shape index (κ1) is 22.1. The van der Waals surface area contributed by atoms with Crippen LogP contribution < -0.4 is 15.4 Å². The van der Waals surface area contributed by atoms with Gasteiger partial charge in [0.1, 0.15) is 5.75 Å². The molecule has 0 fully saturated rings. The lowest BCUT2D eigenvalue weighted by molar-refractivity contribution is -0.122. The van der Waals surface area contributed by atoms with Gasteiger partial charge in [-0.15, -0.1) is 0 Å². The molecule has 0 saturated heterocycles. The number of carbonyl (C=O) groups is 2. The molecular formula is C26H28N2O3. The number of hydrogen-bond acceptors (Lipinski definition) is 3. The van der Waals surface area contributed by atoms with Crippen LogP contribution in [0, 0.1) is 13.8 Å². The van der Waals surface area contributed by atoms with E-state index >= 15 is 0 Å². The van der Waals surface area contributed by atoms with Gasteiger partial charge in [0.25, 0.3) is 11.8 Å². The van der Waals surface area contributed by atoms with Crippen molar-refractivity contribution >= 4 is 17.5 Å². The maximum atomic E-state index is 12.9. The summed E-state index contributed by atoms with van der Waals surface area (Å²) < 4.78 is 5.95. The van der Waals surface area contributed by atoms with Crippen molar-refractivity contribution in [3.63, 3.8) is 0 Å². The maximum Gasteiger partial charge on any atom is 0.265 e. The highest BCUT2D eigenvalue weighted by molar-refractivity contribution is 6.04. The quantitative estimate of drug-likeness (QED) is 0.541. The lowest BCUT2D eigenvalue weighted by Crippen LogP contribution is -2.33. The first-order chi connectivity index (χ1) is 15.0. The molecule has 5 nitrogen and oxygen atoms in total. The molecule has 0 aliphatic rings. The summed E-state index contributed by atoms with van der Waals surface area (Å²) in [7, 11) is 0. The summed E-state index contributed by atoms with van der Waals surface area (Å²) in [5.41, 5.74) is 4.02. The number of para-hydroxylation sites is 1. The molecule has 0 aliphatic carbocycles. The number of anilines is 1. The molecule has 0 heterocycles. The molecule has 3 aromatic carbocycles. The van der Waals surface area contributed by atoms with Gasteiger partial charge < -0.3 is 15.4 Å². The van der Waals surface area contributed by atoms with Crippen LogP contribution in [0.2, 0.25) is 0 Å². The van der Waals surface area contributed by atoms with Crippen molar-refractivity contribution in [2.75, 3.05) is 5.32 Å². The molecule has 0 aromatic heterocycles. The van der Waals surface area contributed by atoms with E-state index in [-0.39, 0.29) is 11.8 Å². The van der Waals surface area contributed by atoms with E-state index in [9.17, 15) is 9.59 Å². The highest BCUT2D eigenvalue weighted by atomic mass is 16.5. The van der Waals surface area contributed by atoms with E-state index in [1.54, 1.807) is 24.3 Å². The standard InChI is InChI=1S/C26H28N2O3/c1-4-24(31-21-15-18(2)14-19(3)16-21)26(30)28-23-13-9-8-12-22(23)25(29)27-17-20-10-6-5-7-11-20/h5-16,24H,4,17H2,1-3H3,(H,27,29)(H,28,30). The topological polar surface area (TPSA) is 67.4 Å². The molecule has 2 amide bonds. The van der Waals surface area contributed by atoms with E-state index in [2.05, 4.69) is 16.7 Å². The van der Waals surface area contributed by atoms with E-state index in [1.165, 1.54) is 0 Å². The molecule has 0 aliphatic heterocycles. The van der Waals surface area contributed by atoms with Crippen LogP contribution in [0.5, 0.6) is 5.75 Å². The Labute approximate surface area is 183 Å². The Morgan fingerprint density at radius 3 is 2.23 bits per heavy atom. The fourth-order valence-electron chi connectivity index (χ4n) is 3.36. The zero-order valence-corrected chi connectivity index (χ0v) is 18.1. The summed E-state index contributed by atoms with van der Waals surface area (Å²) in [4.78, 5) is 25.6. The number of ether oxygens (including phenoxy) is 1. The number of carbonyl (C=O) groups excluding carboxylic acids is 2. The summed E-state index contributed by atoms with van der Waals surface area (Å²) >= 11 is 0. The van der Waals surface area contributed by atoms with Crippen LogP contribution in [-0.2, 0) is 11.3 Å². The molecule has 0 radical (unpaired) electrons. The Kier molecular flexibility index (Phi) is 7.44. The highest BCUT2D eigenvalue weighted by Gasteiger charge is 2.21. The minimum Gasteiger partial charge on any atom is -0.481 e. The summed E-state index contributed by atoms with van der Waals surface area (Å²) in [5, 5.41) is 5.77. The Hall–Kier alpha value is -3.60. The fourth-order valence-corrected chi connectivity index (χ4v) is 3.36. The Morgan fingerprint density at radius 2 is 1.55 bits per heavy atom. The van der Waals surface area contributed by atoms with Gasteiger partial charge in [0, 0.05) is 6.54 Å². The van der Waals surface area contributed by atoms with Crippen molar-refractivity contribution in [1.82, 2.24) is 5.32 Å². The van der Waals surface area contributed by atoms with E-state index in [0.29, 0.717) is 30.0 Å². The van der Waals surface area contributed by atoms with Crippen LogP contribution in [0.4, 0.5) is 5.69 Å². The van der Waals surface area contributed by atoms with Crippen molar-refractivity contribution in [3.05, 3.63) is 95.1 Å². The van der Waals surface area contributed by atoms with E-state index in [1.807, 2.05) is 63.2 Å². The van der Waals surface area contributed by atoms with Gasteiger partial charge in [0.15, 0.2) is 6.10 Å². The second-order valence-corrected chi connectivity index (χ2v) is 7.54. The molecule has 3 rings (SSSR count). The maximum absolute atomic E-state index is 12.9. The normalized spacial score (nSPS) is 11.5. The van der Waals surface area contributed by atoms with Crippen molar-refractivity contribution in [2.45, 2.75) is 39.8 Å². The molecule has 1 atom stereocenters. The van der Waals surface area contributed by atoms with Crippen LogP contribution >= 0.6 is 0 Å². The van der Waals surface area contributed by atoms with Crippen LogP contribution in [-0.4, -0.2) is 17.9 Å². The smallest absolute Gasteiger partial charge is 0.265 e. The van der Waals surface area contributed by atoms with Crippen molar-refractivity contribution in [1.29, 1.82) is 0 Å². The van der Waals surface area contributed by atoms with Gasteiger partial charge in [0.2, 0.25) is 0 Å². The van der Waals surface area contributed by atoms with E-state index in [0.717, 1.165) is 16.7 Å². The molecule has 0 spiro atoms. The molecule has 0 saturated carbocycles. The van der Waals surface area contributed by atoms with Gasteiger partial charge in [-0.05, 0) is 61.2 Å². The lowest BCUT2D eigenvalue weighted by atomic mass is 10.1. The van der Waals surface area contributed by atoms with Gasteiger partial charge in [-0.2, -0.15) is 0 Å². The number of nitrogens with one attached hydrogen (secondary N) is 2. The highest BCUT2D eigenvalue weighted by Crippen LogP contribution is 2.20. The van der Waals surface area contributed by atoms with Crippen LogP contribution in [0.25, 0.3) is 0 Å². The summed E-state index contributed by atoms with van der Waals surface area (Å²) in [6, 6.07) is 22.5. The number of amides is 2. The van der Waals surface area contributed by atoms with E-state index in [4.69, 9.17) is 4.74 Å². The van der Waals surface area contributed by atoms with Gasteiger partial charge in [-0.3, -0.25) is 9.59 Å². The first-order valence-corrected chi connectivity index (χ1v) is 10.4. The third kappa shape index (κ3) is 6.19. The molecule has 2 N–H and O–H groups in total. The van der Waals surface area contributed by atoms with E-state index < -0.39 is 6.10 Å². The fraction of sp³-hybridized carbons (Fsp3) is 0.231. The SMILES string of the molecule is CCC(Oc1cc(C)cc(C)c1)C(=O)Nc1ccccc1C(=O)NCc1ccccc1. The van der Waals surface area contributed by atoms with Crippen LogP contribution in [0.3, 0.4) is 0 Å². The van der Waals surface area contributed by atoms with Gasteiger partial charge in [0.05, 0.1) is 11.3 Å². The predicted octanol–water partition coefficient (Wildman–Crippen LogP) is 5.03. The van der Waals surface area contributed by atoms with Gasteiger partial charge >= 0.3 is 0 Å². The van der Waals surface area contributed by atoms with Crippen molar-refractivity contribution in [2.24, 2.45) is 0 Å². The lowest BCUT2D eigenvalue weighted by Gasteiger charge is -2.19. The Balaban J connectivity index is 1.69. The summed E-state index contributed by atoms with van der Waals surface area (Å²) in [6.07, 6.45) is -0.164. The van der Waals surface area contributed by atoms with Crippen LogP contribution in [0.1, 0.15) is 40.4 Å². The zero-order chi connectivity index (χ0) is 22.2. The van der Waals surface area contributed by atoms with Crippen molar-refractivity contribution in [3.8, 4) is 5.75 Å². The first-order valence-electron chi connectivity index (χ1n) is 10.4. The monoisotopic (exact) mass is 416 g/mol. The number of hydrogen-bond donors (Lipinski definition) is 2. The number of rotatable bonds is 8. The third-order valence-electron chi connectivity index (χ3n) is 4.86. The van der Waals surface area contributed by atoms with Crippen molar-refractivity contribution < 1.29 is 14.3 Å². The molecule has 0 bridgehead atoms. The third-order valence-corrected chi connectivity index (χ3v) is 4.86. The molecule has 3 aromatic rings. The summed E-state index contributed by atoms with van der Waals surface area (Å²) in [5.74, 6) is 0.126.